The molecule has 112 valence electrons. The molecule has 2 unspecified atom stereocenters. The minimum absolute atomic E-state index is 0.509. The first-order chi connectivity index (χ1) is 8.85. The standard InChI is InChI=1S/C15H30N2O2/c1-13-7-5-8-15(11-13,14(18)19)12-17(4)10-6-9-16(2)3/h13H,5-12H2,1-4H3,(H,18,19). The van der Waals surface area contributed by atoms with Gasteiger partial charge in [-0.15, -0.1) is 0 Å². The number of hydrogen-bond donors (Lipinski definition) is 1. The summed E-state index contributed by atoms with van der Waals surface area (Å²) in [6.45, 7) is 4.91. The lowest BCUT2D eigenvalue weighted by molar-refractivity contribution is -0.153. The summed E-state index contributed by atoms with van der Waals surface area (Å²) in [5.41, 5.74) is -0.509. The van der Waals surface area contributed by atoms with Crippen molar-refractivity contribution in [2.45, 2.75) is 39.0 Å². The molecule has 4 nitrogen and oxygen atoms in total. The molecule has 0 spiro atoms. The van der Waals surface area contributed by atoms with Gasteiger partial charge in [-0.05, 0) is 59.4 Å². The molecule has 0 heterocycles. The van der Waals surface area contributed by atoms with Crippen LogP contribution in [0.5, 0.6) is 0 Å². The molecule has 4 heteroatoms. The Morgan fingerprint density at radius 2 is 2.00 bits per heavy atom. The van der Waals surface area contributed by atoms with Crippen LogP contribution >= 0.6 is 0 Å². The molecule has 0 saturated heterocycles. The molecule has 1 fully saturated rings. The molecule has 0 radical (unpaired) electrons. The van der Waals surface area contributed by atoms with E-state index in [9.17, 15) is 9.90 Å². The molecule has 0 aromatic heterocycles. The maximum Gasteiger partial charge on any atom is 0.310 e. The van der Waals surface area contributed by atoms with Crippen molar-refractivity contribution < 1.29 is 9.90 Å². The molecule has 0 aliphatic heterocycles. The Balaban J connectivity index is 2.51. The van der Waals surface area contributed by atoms with Crippen molar-refractivity contribution in [1.29, 1.82) is 0 Å². The fourth-order valence-electron chi connectivity index (χ4n) is 3.32. The quantitative estimate of drug-likeness (QED) is 0.770. The van der Waals surface area contributed by atoms with Gasteiger partial charge in [0, 0.05) is 6.54 Å². The van der Waals surface area contributed by atoms with Gasteiger partial charge >= 0.3 is 5.97 Å². The summed E-state index contributed by atoms with van der Waals surface area (Å²) >= 11 is 0. The summed E-state index contributed by atoms with van der Waals surface area (Å²) in [5, 5.41) is 9.63. The smallest absolute Gasteiger partial charge is 0.310 e. The van der Waals surface area contributed by atoms with Gasteiger partial charge in [-0.1, -0.05) is 19.8 Å². The first-order valence-electron chi connectivity index (χ1n) is 7.42. The summed E-state index contributed by atoms with van der Waals surface area (Å²) in [5.74, 6) is -0.0569. The van der Waals surface area contributed by atoms with E-state index in [2.05, 4.69) is 37.9 Å². The third-order valence-corrected chi connectivity index (χ3v) is 4.26. The third-order valence-electron chi connectivity index (χ3n) is 4.26. The Morgan fingerprint density at radius 3 is 2.53 bits per heavy atom. The van der Waals surface area contributed by atoms with Gasteiger partial charge in [-0.25, -0.2) is 0 Å². The molecular formula is C15H30N2O2. The van der Waals surface area contributed by atoms with E-state index in [0.717, 1.165) is 38.8 Å². The van der Waals surface area contributed by atoms with Gasteiger partial charge in [0.05, 0.1) is 5.41 Å². The number of rotatable bonds is 7. The summed E-state index contributed by atoms with van der Waals surface area (Å²) < 4.78 is 0. The molecule has 0 amide bonds. The van der Waals surface area contributed by atoms with Crippen LogP contribution in [0, 0.1) is 11.3 Å². The molecule has 2 atom stereocenters. The van der Waals surface area contributed by atoms with E-state index < -0.39 is 11.4 Å². The molecule has 1 aliphatic rings. The maximum absolute atomic E-state index is 11.7. The van der Waals surface area contributed by atoms with E-state index in [1.165, 1.54) is 6.42 Å². The summed E-state index contributed by atoms with van der Waals surface area (Å²) in [7, 11) is 6.20. The van der Waals surface area contributed by atoms with Gasteiger partial charge < -0.3 is 14.9 Å². The Bertz CT molecular complexity index is 294. The van der Waals surface area contributed by atoms with Gasteiger partial charge in [0.2, 0.25) is 0 Å². The van der Waals surface area contributed by atoms with Gasteiger partial charge in [-0.2, -0.15) is 0 Å². The molecule has 0 aromatic carbocycles. The first-order valence-corrected chi connectivity index (χ1v) is 7.42. The van der Waals surface area contributed by atoms with Crippen LogP contribution in [-0.4, -0.2) is 61.7 Å². The summed E-state index contributed by atoms with van der Waals surface area (Å²) in [6, 6.07) is 0. The zero-order valence-corrected chi connectivity index (χ0v) is 13.0. The number of nitrogens with zero attached hydrogens (tertiary/aromatic N) is 2. The molecule has 19 heavy (non-hydrogen) atoms. The predicted molar refractivity (Wildman–Crippen MR) is 78.4 cm³/mol. The van der Waals surface area contributed by atoms with E-state index >= 15 is 0 Å². The average Bonchev–Trinajstić information content (AvgIpc) is 2.27. The molecule has 0 aromatic rings. The van der Waals surface area contributed by atoms with Crippen molar-refractivity contribution in [3.8, 4) is 0 Å². The first kappa shape index (κ1) is 16.4. The normalized spacial score (nSPS) is 28.0. The fraction of sp³-hybridized carbons (Fsp3) is 0.933. The predicted octanol–water partition coefficient (Wildman–Crippen LogP) is 2.15. The summed E-state index contributed by atoms with van der Waals surface area (Å²) in [6.07, 6.45) is 5.00. The second-order valence-corrected chi connectivity index (χ2v) is 6.68. The monoisotopic (exact) mass is 270 g/mol. The van der Waals surface area contributed by atoms with Crippen LogP contribution in [0.4, 0.5) is 0 Å². The average molecular weight is 270 g/mol. The summed E-state index contributed by atoms with van der Waals surface area (Å²) in [4.78, 5) is 16.1. The van der Waals surface area contributed by atoms with E-state index in [4.69, 9.17) is 0 Å². The van der Waals surface area contributed by atoms with Crippen molar-refractivity contribution in [3.05, 3.63) is 0 Å². The van der Waals surface area contributed by atoms with Crippen LogP contribution in [0.25, 0.3) is 0 Å². The lowest BCUT2D eigenvalue weighted by atomic mass is 9.69. The van der Waals surface area contributed by atoms with E-state index in [1.54, 1.807) is 0 Å². The number of hydrogen-bond acceptors (Lipinski definition) is 3. The van der Waals surface area contributed by atoms with Crippen LogP contribution in [0.2, 0.25) is 0 Å². The molecule has 1 N–H and O–H groups in total. The van der Waals surface area contributed by atoms with Gasteiger partial charge in [0.25, 0.3) is 0 Å². The number of aliphatic carboxylic acids is 1. The SMILES string of the molecule is CC1CCCC(CN(C)CCCN(C)C)(C(=O)O)C1. The Labute approximate surface area is 117 Å². The van der Waals surface area contributed by atoms with Gasteiger partial charge in [0.15, 0.2) is 0 Å². The lowest BCUT2D eigenvalue weighted by Gasteiger charge is -2.39. The van der Waals surface area contributed by atoms with Crippen LogP contribution in [0.1, 0.15) is 39.0 Å². The van der Waals surface area contributed by atoms with Crippen molar-refractivity contribution in [1.82, 2.24) is 9.80 Å². The lowest BCUT2D eigenvalue weighted by Crippen LogP contribution is -2.45. The number of carbonyl (C=O) groups is 1. The number of carboxylic acid groups (broad SMARTS) is 1. The highest BCUT2D eigenvalue weighted by Gasteiger charge is 2.42. The molecule has 1 saturated carbocycles. The fourth-order valence-corrected chi connectivity index (χ4v) is 3.32. The molecular weight excluding hydrogens is 240 g/mol. The highest BCUT2D eigenvalue weighted by Crippen LogP contribution is 2.40. The van der Waals surface area contributed by atoms with Crippen LogP contribution in [-0.2, 0) is 4.79 Å². The molecule has 1 rings (SSSR count). The maximum atomic E-state index is 11.7. The minimum Gasteiger partial charge on any atom is -0.481 e. The van der Waals surface area contributed by atoms with E-state index in [0.29, 0.717) is 12.5 Å². The van der Waals surface area contributed by atoms with Gasteiger partial charge in [0.1, 0.15) is 0 Å². The zero-order chi connectivity index (χ0) is 14.5. The van der Waals surface area contributed by atoms with Crippen LogP contribution < -0.4 is 0 Å². The van der Waals surface area contributed by atoms with Crippen LogP contribution in [0.15, 0.2) is 0 Å². The highest BCUT2D eigenvalue weighted by atomic mass is 16.4. The Hall–Kier alpha value is -0.610. The Kier molecular flexibility index (Phi) is 6.27. The molecule has 0 bridgehead atoms. The second kappa shape index (κ2) is 7.25. The van der Waals surface area contributed by atoms with Crippen molar-refractivity contribution >= 4 is 5.97 Å². The van der Waals surface area contributed by atoms with E-state index in [1.807, 2.05) is 0 Å². The zero-order valence-electron chi connectivity index (χ0n) is 13.0. The third kappa shape index (κ3) is 5.11. The van der Waals surface area contributed by atoms with Crippen molar-refractivity contribution in [2.75, 3.05) is 40.8 Å². The van der Waals surface area contributed by atoms with Crippen molar-refractivity contribution in [2.24, 2.45) is 11.3 Å². The van der Waals surface area contributed by atoms with E-state index in [-0.39, 0.29) is 0 Å². The Morgan fingerprint density at radius 1 is 1.32 bits per heavy atom. The van der Waals surface area contributed by atoms with Crippen molar-refractivity contribution in [3.63, 3.8) is 0 Å². The van der Waals surface area contributed by atoms with Gasteiger partial charge in [-0.3, -0.25) is 4.79 Å². The van der Waals surface area contributed by atoms with Crippen LogP contribution in [0.3, 0.4) is 0 Å². The molecule has 1 aliphatic carbocycles. The largest absolute Gasteiger partial charge is 0.481 e. The number of carboxylic acids is 1. The second-order valence-electron chi connectivity index (χ2n) is 6.68. The topological polar surface area (TPSA) is 43.8 Å². The highest BCUT2D eigenvalue weighted by molar-refractivity contribution is 5.75. The minimum atomic E-state index is -0.599.